The van der Waals surface area contributed by atoms with Crippen LogP contribution in [0.15, 0.2) is 29.3 Å². The zero-order valence-corrected chi connectivity index (χ0v) is 18.3. The predicted molar refractivity (Wildman–Crippen MR) is 108 cm³/mol. The first-order valence-corrected chi connectivity index (χ1v) is 12.3. The van der Waals surface area contributed by atoms with Gasteiger partial charge in [-0.2, -0.15) is 4.89 Å². The molecule has 1 aromatic carbocycles. The van der Waals surface area contributed by atoms with Crippen LogP contribution in [0.1, 0.15) is 62.5 Å². The minimum atomic E-state index is -4.69. The van der Waals surface area contributed by atoms with Crippen LogP contribution < -0.4 is 4.52 Å². The molecule has 5 rings (SSSR count). The van der Waals surface area contributed by atoms with Gasteiger partial charge in [-0.25, -0.2) is 9.45 Å². The van der Waals surface area contributed by atoms with Gasteiger partial charge in [-0.05, 0) is 63.5 Å². The molecule has 1 heterocycles. The molecule has 2 fully saturated rings. The van der Waals surface area contributed by atoms with Gasteiger partial charge < -0.3 is 9.26 Å². The summed E-state index contributed by atoms with van der Waals surface area (Å²) in [5.41, 5.74) is 3.81. The van der Waals surface area contributed by atoms with Crippen molar-refractivity contribution < 1.29 is 33.4 Å². The largest absolute Gasteiger partial charge is 0.524 e. The second-order valence-electron chi connectivity index (χ2n) is 9.06. The van der Waals surface area contributed by atoms with Gasteiger partial charge in [0.1, 0.15) is 5.75 Å². The van der Waals surface area contributed by atoms with Crippen LogP contribution in [0.2, 0.25) is 0 Å². The van der Waals surface area contributed by atoms with E-state index in [0.29, 0.717) is 11.1 Å². The smallest absolute Gasteiger partial charge is 0.404 e. The average Bonchev–Trinajstić information content (AvgIpc) is 2.69. The quantitative estimate of drug-likeness (QED) is 0.403. The fourth-order valence-electron chi connectivity index (χ4n) is 6.37. The van der Waals surface area contributed by atoms with E-state index in [1.807, 2.05) is 6.07 Å². The van der Waals surface area contributed by atoms with Crippen LogP contribution in [0.3, 0.4) is 0 Å². The van der Waals surface area contributed by atoms with Crippen LogP contribution in [0, 0.1) is 18.8 Å². The summed E-state index contributed by atoms with van der Waals surface area (Å²) in [5, 5.41) is 0. The Hall–Kier alpha value is -1.21. The number of hydrogen-bond acceptors (Lipinski definition) is 5. The normalized spacial score (nSPS) is 35.7. The standard InChI is InChI=1S/C22H29O7P/c1-14-10-11-17(13-20(14)27-30(23,24)25)22(26-2)21(28-29-22)16-7-5-9-19(21)18-8-4-3-6-15(18)12-16/h10-11,13,16,19H,3-9,12H2,1-2H3,(H2,23,24,25). The van der Waals surface area contributed by atoms with Crippen molar-refractivity contribution in [3.05, 3.63) is 40.5 Å². The van der Waals surface area contributed by atoms with E-state index in [1.54, 1.807) is 31.7 Å². The molecule has 4 atom stereocenters. The number of ether oxygens (including phenoxy) is 1. The number of aryl methyl sites for hydroxylation is 1. The van der Waals surface area contributed by atoms with E-state index < -0.39 is 19.2 Å². The molecular weight excluding hydrogens is 407 g/mol. The Bertz CT molecular complexity index is 933. The predicted octanol–water partition coefficient (Wildman–Crippen LogP) is 4.66. The number of methoxy groups -OCH3 is 1. The van der Waals surface area contributed by atoms with Crippen molar-refractivity contribution in [1.82, 2.24) is 0 Å². The highest BCUT2D eigenvalue weighted by Gasteiger charge is 2.75. The topological polar surface area (TPSA) is 94.5 Å². The molecule has 30 heavy (non-hydrogen) atoms. The van der Waals surface area contributed by atoms with E-state index in [2.05, 4.69) is 0 Å². The number of allylic oxidation sites excluding steroid dienone is 1. The molecule has 2 N–H and O–H groups in total. The zero-order valence-electron chi connectivity index (χ0n) is 17.4. The summed E-state index contributed by atoms with van der Waals surface area (Å²) in [6.45, 7) is 1.75. The minimum absolute atomic E-state index is 0.126. The first kappa shape index (κ1) is 20.7. The van der Waals surface area contributed by atoms with Crippen molar-refractivity contribution in [2.24, 2.45) is 11.8 Å². The number of phosphoric ester groups is 1. The van der Waals surface area contributed by atoms with Crippen LogP contribution >= 0.6 is 7.82 Å². The van der Waals surface area contributed by atoms with Crippen LogP contribution in [0.4, 0.5) is 0 Å². The summed E-state index contributed by atoms with van der Waals surface area (Å²) >= 11 is 0. The maximum atomic E-state index is 11.5. The molecule has 1 spiro atoms. The number of fused-ring (bicyclic) bond motifs is 1. The van der Waals surface area contributed by atoms with Crippen molar-refractivity contribution in [2.45, 2.75) is 69.7 Å². The highest BCUT2D eigenvalue weighted by atomic mass is 31.2. The summed E-state index contributed by atoms with van der Waals surface area (Å²) in [5.74, 6) is -0.475. The Kier molecular flexibility index (Phi) is 4.93. The first-order chi connectivity index (χ1) is 14.3. The molecule has 0 radical (unpaired) electrons. The van der Waals surface area contributed by atoms with E-state index in [-0.39, 0.29) is 17.6 Å². The van der Waals surface area contributed by atoms with Crippen LogP contribution in [0.25, 0.3) is 0 Å². The number of hydrogen-bond donors (Lipinski definition) is 2. The number of benzene rings is 1. The van der Waals surface area contributed by atoms with Crippen molar-refractivity contribution in [2.75, 3.05) is 7.11 Å². The van der Waals surface area contributed by atoms with Gasteiger partial charge in [0.25, 0.3) is 5.79 Å². The highest BCUT2D eigenvalue weighted by Crippen LogP contribution is 2.67. The summed E-state index contributed by atoms with van der Waals surface area (Å²) < 4.78 is 22.5. The molecule has 8 heteroatoms. The average molecular weight is 436 g/mol. The molecule has 0 aromatic heterocycles. The first-order valence-electron chi connectivity index (χ1n) is 10.8. The van der Waals surface area contributed by atoms with Crippen molar-refractivity contribution in [1.29, 1.82) is 0 Å². The highest BCUT2D eigenvalue weighted by molar-refractivity contribution is 7.46. The molecule has 4 unspecified atom stereocenters. The van der Waals surface area contributed by atoms with E-state index in [4.69, 9.17) is 19.0 Å². The van der Waals surface area contributed by atoms with Gasteiger partial charge in [0.05, 0.1) is 0 Å². The summed E-state index contributed by atoms with van der Waals surface area (Å²) in [7, 11) is -3.07. The Morgan fingerprint density at radius 1 is 1.13 bits per heavy atom. The Labute approximate surface area is 176 Å². The maximum absolute atomic E-state index is 11.5. The maximum Gasteiger partial charge on any atom is 0.524 e. The lowest BCUT2D eigenvalue weighted by Crippen LogP contribution is -2.74. The van der Waals surface area contributed by atoms with Gasteiger partial charge in [0, 0.05) is 24.5 Å². The second-order valence-corrected chi connectivity index (χ2v) is 10.2. The third-order valence-corrected chi connectivity index (χ3v) is 8.03. The Balaban J connectivity index is 1.61. The molecule has 164 valence electrons. The fourth-order valence-corrected chi connectivity index (χ4v) is 6.82. The SMILES string of the molecule is COC1(c2ccc(C)c(OP(=O)(O)O)c2)OOC12C1CCCC2C2=C(CCCC2)C1. The van der Waals surface area contributed by atoms with Gasteiger partial charge in [-0.3, -0.25) is 9.79 Å². The summed E-state index contributed by atoms with van der Waals surface area (Å²) in [4.78, 5) is 30.5. The Morgan fingerprint density at radius 3 is 2.63 bits per heavy atom. The van der Waals surface area contributed by atoms with Gasteiger partial charge in [-0.15, -0.1) is 0 Å². The molecular formula is C22H29O7P. The van der Waals surface area contributed by atoms with Gasteiger partial charge in [0.2, 0.25) is 0 Å². The lowest BCUT2D eigenvalue weighted by atomic mass is 9.53. The van der Waals surface area contributed by atoms with Crippen molar-refractivity contribution >= 4 is 7.82 Å². The summed E-state index contributed by atoms with van der Waals surface area (Å²) in [6, 6.07) is 5.29. The summed E-state index contributed by atoms with van der Waals surface area (Å²) in [6.07, 6.45) is 9.04. The van der Waals surface area contributed by atoms with E-state index in [1.165, 1.54) is 24.8 Å². The second kappa shape index (κ2) is 7.16. The van der Waals surface area contributed by atoms with Crippen LogP contribution in [0.5, 0.6) is 5.75 Å². The van der Waals surface area contributed by atoms with Gasteiger partial charge in [0.15, 0.2) is 5.60 Å². The lowest BCUT2D eigenvalue weighted by molar-refractivity contribution is -0.639. The lowest BCUT2D eigenvalue weighted by Gasteiger charge is -2.65. The molecule has 1 aliphatic heterocycles. The van der Waals surface area contributed by atoms with E-state index in [9.17, 15) is 14.4 Å². The molecule has 0 amide bonds. The fraction of sp³-hybridized carbons (Fsp3) is 0.636. The molecule has 1 saturated heterocycles. The minimum Gasteiger partial charge on any atom is -0.404 e. The van der Waals surface area contributed by atoms with Crippen molar-refractivity contribution in [3.63, 3.8) is 0 Å². The van der Waals surface area contributed by atoms with Gasteiger partial charge >= 0.3 is 7.82 Å². The monoisotopic (exact) mass is 436 g/mol. The third kappa shape index (κ3) is 2.87. The zero-order chi connectivity index (χ0) is 21.1. The van der Waals surface area contributed by atoms with Crippen LogP contribution in [-0.4, -0.2) is 22.5 Å². The van der Waals surface area contributed by atoms with Crippen molar-refractivity contribution in [3.8, 4) is 5.75 Å². The molecule has 2 bridgehead atoms. The number of rotatable bonds is 4. The van der Waals surface area contributed by atoms with Gasteiger partial charge in [-0.1, -0.05) is 29.7 Å². The van der Waals surface area contributed by atoms with E-state index >= 15 is 0 Å². The van der Waals surface area contributed by atoms with Crippen LogP contribution in [-0.2, 0) is 24.9 Å². The molecule has 3 aliphatic carbocycles. The molecule has 7 nitrogen and oxygen atoms in total. The Morgan fingerprint density at radius 2 is 1.93 bits per heavy atom. The van der Waals surface area contributed by atoms with E-state index in [0.717, 1.165) is 32.1 Å². The molecule has 1 aromatic rings. The molecule has 1 saturated carbocycles. The third-order valence-electron chi connectivity index (χ3n) is 7.60. The molecule has 4 aliphatic rings. The number of phosphoric acid groups is 1.